The number of nitrogens with zero attached hydrogens (tertiary/aromatic N) is 2. The van der Waals surface area contributed by atoms with Gasteiger partial charge in [-0.1, -0.05) is 0 Å². The van der Waals surface area contributed by atoms with Crippen molar-refractivity contribution in [3.05, 3.63) is 34.6 Å². The number of fused-ring (bicyclic) bond motifs is 1. The van der Waals surface area contributed by atoms with Gasteiger partial charge in [0.05, 0.1) is 27.5 Å². The summed E-state index contributed by atoms with van der Waals surface area (Å²) in [6.45, 7) is 0. The van der Waals surface area contributed by atoms with E-state index in [0.29, 0.717) is 28.5 Å². The fourth-order valence-electron chi connectivity index (χ4n) is 3.04. The molecule has 8 nitrogen and oxygen atoms in total. The van der Waals surface area contributed by atoms with Gasteiger partial charge in [0.2, 0.25) is 0 Å². The molecule has 0 spiro atoms. The molecule has 1 aromatic heterocycles. The van der Waals surface area contributed by atoms with Crippen LogP contribution in [0.4, 0.5) is 0 Å². The van der Waals surface area contributed by atoms with E-state index < -0.39 is 0 Å². The Morgan fingerprint density at radius 1 is 1.12 bits per heavy atom. The van der Waals surface area contributed by atoms with E-state index in [1.54, 1.807) is 33.5 Å². The molecule has 26 heavy (non-hydrogen) atoms. The second-order valence-electron chi connectivity index (χ2n) is 5.88. The first-order valence-corrected chi connectivity index (χ1v) is 8.37. The summed E-state index contributed by atoms with van der Waals surface area (Å²) in [5.41, 5.74) is 5.62. The van der Waals surface area contributed by atoms with Crippen LogP contribution in [0.3, 0.4) is 0 Å². The molecule has 1 amide bonds. The third kappa shape index (κ3) is 3.49. The minimum atomic E-state index is -0.333. The molecule has 0 saturated heterocycles. The number of ether oxygens (including phenoxy) is 3. The molecule has 8 heteroatoms. The minimum absolute atomic E-state index is 0.333. The lowest BCUT2D eigenvalue weighted by molar-refractivity contribution is 0.0949. The first-order chi connectivity index (χ1) is 12.7. The van der Waals surface area contributed by atoms with E-state index in [1.807, 2.05) is 0 Å². The van der Waals surface area contributed by atoms with Crippen molar-refractivity contribution >= 4 is 12.1 Å². The number of hydrogen-bond donors (Lipinski definition) is 2. The van der Waals surface area contributed by atoms with Crippen molar-refractivity contribution in [2.24, 2.45) is 5.10 Å². The molecular weight excluding hydrogens is 336 g/mol. The molecule has 0 bridgehead atoms. The summed E-state index contributed by atoms with van der Waals surface area (Å²) in [6, 6.07) is 3.43. The molecule has 0 unspecified atom stereocenters. The van der Waals surface area contributed by atoms with Gasteiger partial charge < -0.3 is 14.2 Å². The molecule has 0 saturated carbocycles. The highest BCUT2D eigenvalue weighted by molar-refractivity contribution is 5.95. The zero-order chi connectivity index (χ0) is 18.5. The second kappa shape index (κ2) is 7.90. The number of hydrazone groups is 1. The number of hydrogen-bond acceptors (Lipinski definition) is 6. The van der Waals surface area contributed by atoms with Crippen LogP contribution in [0.1, 0.15) is 40.2 Å². The van der Waals surface area contributed by atoms with Crippen molar-refractivity contribution in [1.29, 1.82) is 0 Å². The average Bonchev–Trinajstić information content (AvgIpc) is 3.11. The molecule has 0 fully saturated rings. The number of rotatable bonds is 6. The predicted octanol–water partition coefficient (Wildman–Crippen LogP) is 2.08. The molecule has 0 radical (unpaired) electrons. The lowest BCUT2D eigenvalue weighted by atomic mass is 9.96. The van der Waals surface area contributed by atoms with Crippen LogP contribution < -0.4 is 19.6 Å². The Bertz CT molecular complexity index is 829. The van der Waals surface area contributed by atoms with E-state index in [2.05, 4.69) is 20.7 Å². The van der Waals surface area contributed by atoms with Crippen molar-refractivity contribution in [3.8, 4) is 17.2 Å². The van der Waals surface area contributed by atoms with E-state index in [1.165, 1.54) is 6.21 Å². The Morgan fingerprint density at radius 2 is 1.81 bits per heavy atom. The first kappa shape index (κ1) is 17.8. The van der Waals surface area contributed by atoms with Crippen LogP contribution in [0, 0.1) is 0 Å². The second-order valence-corrected chi connectivity index (χ2v) is 5.88. The van der Waals surface area contributed by atoms with Gasteiger partial charge in [0, 0.05) is 22.9 Å². The first-order valence-electron chi connectivity index (χ1n) is 8.37. The maximum absolute atomic E-state index is 12.4. The van der Waals surface area contributed by atoms with Crippen LogP contribution in [0.15, 0.2) is 17.2 Å². The van der Waals surface area contributed by atoms with Crippen LogP contribution in [0.25, 0.3) is 0 Å². The summed E-state index contributed by atoms with van der Waals surface area (Å²) in [5.74, 6) is 1.31. The minimum Gasteiger partial charge on any atom is -0.496 e. The number of aromatic amines is 1. The Balaban J connectivity index is 1.76. The maximum Gasteiger partial charge on any atom is 0.292 e. The number of methoxy groups -OCH3 is 3. The van der Waals surface area contributed by atoms with E-state index in [-0.39, 0.29) is 5.91 Å². The largest absolute Gasteiger partial charge is 0.496 e. The van der Waals surface area contributed by atoms with Gasteiger partial charge in [-0.2, -0.15) is 10.2 Å². The quantitative estimate of drug-likeness (QED) is 0.609. The number of amides is 1. The Morgan fingerprint density at radius 3 is 2.54 bits per heavy atom. The number of H-pyrrole nitrogens is 1. The summed E-state index contributed by atoms with van der Waals surface area (Å²) in [7, 11) is 4.65. The molecule has 0 aliphatic heterocycles. The maximum atomic E-state index is 12.4. The van der Waals surface area contributed by atoms with Crippen LogP contribution >= 0.6 is 0 Å². The fourth-order valence-corrected chi connectivity index (χ4v) is 3.04. The fraction of sp³-hybridized carbons (Fsp3) is 0.389. The van der Waals surface area contributed by atoms with Crippen molar-refractivity contribution in [3.63, 3.8) is 0 Å². The zero-order valence-electron chi connectivity index (χ0n) is 15.1. The van der Waals surface area contributed by atoms with Gasteiger partial charge in [-0.3, -0.25) is 9.89 Å². The van der Waals surface area contributed by atoms with E-state index >= 15 is 0 Å². The van der Waals surface area contributed by atoms with Crippen molar-refractivity contribution in [1.82, 2.24) is 15.6 Å². The van der Waals surface area contributed by atoms with Crippen molar-refractivity contribution in [2.45, 2.75) is 25.7 Å². The molecule has 3 rings (SSSR count). The molecular formula is C18H22N4O4. The molecule has 2 aromatic rings. The summed E-state index contributed by atoms with van der Waals surface area (Å²) >= 11 is 0. The van der Waals surface area contributed by atoms with Gasteiger partial charge in [0.1, 0.15) is 5.75 Å². The van der Waals surface area contributed by atoms with E-state index in [4.69, 9.17) is 14.2 Å². The summed E-state index contributed by atoms with van der Waals surface area (Å²) in [4.78, 5) is 12.4. The monoisotopic (exact) mass is 358 g/mol. The highest BCUT2D eigenvalue weighted by Crippen LogP contribution is 2.33. The lowest BCUT2D eigenvalue weighted by Crippen LogP contribution is -2.20. The molecule has 138 valence electrons. The number of carbonyl (C=O) groups is 1. The number of carbonyl (C=O) groups excluding carboxylic acids is 1. The molecule has 1 aliphatic rings. The van der Waals surface area contributed by atoms with Gasteiger partial charge in [-0.25, -0.2) is 5.43 Å². The average molecular weight is 358 g/mol. The highest BCUT2D eigenvalue weighted by Gasteiger charge is 2.21. The zero-order valence-corrected chi connectivity index (χ0v) is 15.1. The Kier molecular flexibility index (Phi) is 5.40. The van der Waals surface area contributed by atoms with Gasteiger partial charge in [0.25, 0.3) is 5.91 Å². The van der Waals surface area contributed by atoms with Gasteiger partial charge in [-0.15, -0.1) is 0 Å². The number of nitrogens with one attached hydrogen (secondary N) is 2. The summed E-state index contributed by atoms with van der Waals surface area (Å²) in [5, 5.41) is 11.1. The number of benzene rings is 1. The predicted molar refractivity (Wildman–Crippen MR) is 96.4 cm³/mol. The van der Waals surface area contributed by atoms with Gasteiger partial charge >= 0.3 is 0 Å². The van der Waals surface area contributed by atoms with Crippen LogP contribution in [0.5, 0.6) is 17.2 Å². The van der Waals surface area contributed by atoms with Gasteiger partial charge in [-0.05, 0) is 31.7 Å². The van der Waals surface area contributed by atoms with Crippen molar-refractivity contribution < 1.29 is 19.0 Å². The molecule has 2 N–H and O–H groups in total. The SMILES string of the molecule is COc1cc(OC)c(OC)cc1/C=N/NC(=O)c1n[nH]c2c1CCCC2. The number of aryl methyl sites for hydroxylation is 1. The van der Waals surface area contributed by atoms with E-state index in [0.717, 1.165) is 36.9 Å². The number of aromatic nitrogens is 2. The standard InChI is InChI=1S/C18H22N4O4/c1-24-14-9-16(26-3)15(25-2)8-11(14)10-19-22-18(23)17-12-6-4-5-7-13(12)20-21-17/h8-10H,4-7H2,1-3H3,(H,20,21)(H,22,23)/b19-10+. The molecule has 0 atom stereocenters. The Labute approximate surface area is 151 Å². The van der Waals surface area contributed by atoms with Crippen LogP contribution in [-0.4, -0.2) is 43.6 Å². The Hall–Kier alpha value is -3.03. The van der Waals surface area contributed by atoms with E-state index in [9.17, 15) is 4.79 Å². The summed E-state index contributed by atoms with van der Waals surface area (Å²) in [6.07, 6.45) is 5.48. The highest BCUT2D eigenvalue weighted by atomic mass is 16.5. The molecule has 1 heterocycles. The van der Waals surface area contributed by atoms with Crippen LogP contribution in [0.2, 0.25) is 0 Å². The van der Waals surface area contributed by atoms with Crippen LogP contribution in [-0.2, 0) is 12.8 Å². The normalized spacial score (nSPS) is 13.3. The third-order valence-corrected chi connectivity index (χ3v) is 4.38. The topological polar surface area (TPSA) is 97.8 Å². The summed E-state index contributed by atoms with van der Waals surface area (Å²) < 4.78 is 15.9. The smallest absolute Gasteiger partial charge is 0.292 e. The van der Waals surface area contributed by atoms with Crippen molar-refractivity contribution in [2.75, 3.05) is 21.3 Å². The molecule has 1 aromatic carbocycles. The molecule has 1 aliphatic carbocycles. The van der Waals surface area contributed by atoms with Gasteiger partial charge in [0.15, 0.2) is 17.2 Å². The third-order valence-electron chi connectivity index (χ3n) is 4.38. The lowest BCUT2D eigenvalue weighted by Gasteiger charge is -2.12.